The largest absolute Gasteiger partial charge is 0.476 e. The molecule has 0 spiro atoms. The quantitative estimate of drug-likeness (QED) is 0.810. The number of ether oxygens (including phenoxy) is 1. The summed E-state index contributed by atoms with van der Waals surface area (Å²) in [4.78, 5) is 4.26. The van der Waals surface area contributed by atoms with Crippen molar-refractivity contribution in [3.63, 3.8) is 0 Å². The topological polar surface area (TPSA) is 41.8 Å². The van der Waals surface area contributed by atoms with E-state index in [0.29, 0.717) is 13.0 Å². The van der Waals surface area contributed by atoms with Crippen LogP contribution in [-0.4, -0.2) is 30.3 Å². The summed E-state index contributed by atoms with van der Waals surface area (Å²) in [6, 6.07) is 7.98. The van der Waals surface area contributed by atoms with Gasteiger partial charge in [0.2, 0.25) is 5.90 Å². The molecule has 0 saturated heterocycles. The van der Waals surface area contributed by atoms with E-state index in [4.69, 9.17) is 4.74 Å². The number of hydrogen-bond donors (Lipinski definition) is 1. The molecule has 80 valence electrons. The van der Waals surface area contributed by atoms with Gasteiger partial charge in [0.05, 0.1) is 12.6 Å². The third-order valence-corrected chi connectivity index (χ3v) is 2.29. The van der Waals surface area contributed by atoms with Gasteiger partial charge >= 0.3 is 0 Å². The number of aliphatic hydroxyl groups excluding tert-OH is 1. The van der Waals surface area contributed by atoms with E-state index in [-0.39, 0.29) is 6.10 Å². The van der Waals surface area contributed by atoms with Gasteiger partial charge in [-0.15, -0.1) is 0 Å². The number of aliphatic hydroxyl groups is 1. The summed E-state index contributed by atoms with van der Waals surface area (Å²) < 4.78 is 5.39. The summed E-state index contributed by atoms with van der Waals surface area (Å²) in [5.74, 6) is 0.724. The summed E-state index contributed by atoms with van der Waals surface area (Å²) in [5.41, 5.74) is 2.12. The average Bonchev–Trinajstić information content (AvgIpc) is 2.69. The fourth-order valence-corrected chi connectivity index (χ4v) is 1.68. The highest BCUT2D eigenvalue weighted by atomic mass is 16.5. The van der Waals surface area contributed by atoms with Gasteiger partial charge < -0.3 is 9.84 Å². The van der Waals surface area contributed by atoms with Gasteiger partial charge in [0.25, 0.3) is 0 Å². The van der Waals surface area contributed by atoms with Crippen LogP contribution < -0.4 is 0 Å². The molecule has 3 heteroatoms. The van der Waals surface area contributed by atoms with Crippen molar-refractivity contribution in [2.24, 2.45) is 4.99 Å². The first-order chi connectivity index (χ1) is 7.25. The Morgan fingerprint density at radius 1 is 1.53 bits per heavy atom. The van der Waals surface area contributed by atoms with E-state index in [1.165, 1.54) is 0 Å². The molecule has 0 fully saturated rings. The predicted molar refractivity (Wildman–Crippen MR) is 59.2 cm³/mol. The average molecular weight is 205 g/mol. The highest BCUT2D eigenvalue weighted by molar-refractivity contribution is 5.95. The summed E-state index contributed by atoms with van der Waals surface area (Å²) in [6.45, 7) is 3.21. The lowest BCUT2D eigenvalue weighted by molar-refractivity contribution is 0.195. The Morgan fingerprint density at radius 2 is 2.40 bits per heavy atom. The van der Waals surface area contributed by atoms with Crippen LogP contribution in [-0.2, 0) is 11.2 Å². The van der Waals surface area contributed by atoms with Crippen LogP contribution in [0, 0.1) is 0 Å². The van der Waals surface area contributed by atoms with Gasteiger partial charge in [-0.25, -0.2) is 4.99 Å². The Kier molecular flexibility index (Phi) is 3.02. The number of aliphatic imine (C=N–C) groups is 1. The molecule has 0 bridgehead atoms. The molecule has 0 aromatic heterocycles. The van der Waals surface area contributed by atoms with Crippen molar-refractivity contribution in [1.29, 1.82) is 0 Å². The van der Waals surface area contributed by atoms with E-state index >= 15 is 0 Å². The SMILES string of the molecule is CC(O)Cc1cccc(C2=NCCO2)c1. The molecule has 1 aliphatic heterocycles. The monoisotopic (exact) mass is 205 g/mol. The third-order valence-electron chi connectivity index (χ3n) is 2.29. The Hall–Kier alpha value is -1.35. The van der Waals surface area contributed by atoms with E-state index in [0.717, 1.165) is 23.6 Å². The molecule has 1 aliphatic rings. The first kappa shape index (κ1) is 10.2. The normalized spacial score (nSPS) is 17.1. The Bertz CT molecular complexity index is 372. The van der Waals surface area contributed by atoms with Crippen LogP contribution in [0.5, 0.6) is 0 Å². The molecule has 0 saturated carbocycles. The molecule has 0 radical (unpaired) electrons. The van der Waals surface area contributed by atoms with Gasteiger partial charge in [0.15, 0.2) is 0 Å². The van der Waals surface area contributed by atoms with E-state index in [2.05, 4.69) is 4.99 Å². The minimum absolute atomic E-state index is 0.313. The number of nitrogens with zero attached hydrogens (tertiary/aromatic N) is 1. The first-order valence-corrected chi connectivity index (χ1v) is 5.20. The van der Waals surface area contributed by atoms with Crippen molar-refractivity contribution in [2.75, 3.05) is 13.2 Å². The molecule has 1 aromatic rings. The number of hydrogen-bond acceptors (Lipinski definition) is 3. The Balaban J connectivity index is 2.18. The molecular formula is C12H15NO2. The molecule has 0 aliphatic carbocycles. The van der Waals surface area contributed by atoms with E-state index in [1.54, 1.807) is 6.92 Å². The molecule has 1 unspecified atom stereocenters. The zero-order valence-electron chi connectivity index (χ0n) is 8.81. The highest BCUT2D eigenvalue weighted by Gasteiger charge is 2.10. The van der Waals surface area contributed by atoms with E-state index in [9.17, 15) is 5.11 Å². The Labute approximate surface area is 89.4 Å². The van der Waals surface area contributed by atoms with Gasteiger partial charge in [0.1, 0.15) is 6.61 Å². The minimum Gasteiger partial charge on any atom is -0.476 e. The van der Waals surface area contributed by atoms with Crippen molar-refractivity contribution in [3.8, 4) is 0 Å². The van der Waals surface area contributed by atoms with Crippen molar-refractivity contribution in [3.05, 3.63) is 35.4 Å². The molecule has 15 heavy (non-hydrogen) atoms. The third kappa shape index (κ3) is 2.57. The van der Waals surface area contributed by atoms with Crippen LogP contribution in [0.15, 0.2) is 29.3 Å². The summed E-state index contributed by atoms with van der Waals surface area (Å²) in [6.07, 6.45) is 0.355. The van der Waals surface area contributed by atoms with Gasteiger partial charge in [-0.2, -0.15) is 0 Å². The van der Waals surface area contributed by atoms with Crippen LogP contribution >= 0.6 is 0 Å². The van der Waals surface area contributed by atoms with Crippen molar-refractivity contribution < 1.29 is 9.84 Å². The van der Waals surface area contributed by atoms with Gasteiger partial charge in [-0.3, -0.25) is 0 Å². The van der Waals surface area contributed by atoms with Gasteiger partial charge in [0, 0.05) is 5.56 Å². The maximum Gasteiger partial charge on any atom is 0.216 e. The smallest absolute Gasteiger partial charge is 0.216 e. The minimum atomic E-state index is -0.313. The molecular weight excluding hydrogens is 190 g/mol. The van der Waals surface area contributed by atoms with E-state index in [1.807, 2.05) is 24.3 Å². The molecule has 1 N–H and O–H groups in total. The summed E-state index contributed by atoms with van der Waals surface area (Å²) in [5, 5.41) is 9.30. The van der Waals surface area contributed by atoms with Crippen molar-refractivity contribution >= 4 is 5.90 Å². The molecule has 3 nitrogen and oxygen atoms in total. The second kappa shape index (κ2) is 4.45. The number of rotatable bonds is 3. The van der Waals surface area contributed by atoms with Crippen molar-refractivity contribution in [1.82, 2.24) is 0 Å². The first-order valence-electron chi connectivity index (χ1n) is 5.20. The molecule has 2 rings (SSSR count). The van der Waals surface area contributed by atoms with Crippen LogP contribution in [0.4, 0.5) is 0 Å². The zero-order chi connectivity index (χ0) is 10.7. The standard InChI is InChI=1S/C12H15NO2/c1-9(14)7-10-3-2-4-11(8-10)12-13-5-6-15-12/h2-4,8-9,14H,5-7H2,1H3. The molecule has 1 heterocycles. The maximum atomic E-state index is 9.30. The molecule has 0 amide bonds. The van der Waals surface area contributed by atoms with Crippen LogP contribution in [0.2, 0.25) is 0 Å². The lowest BCUT2D eigenvalue weighted by atomic mass is 10.1. The fourth-order valence-electron chi connectivity index (χ4n) is 1.68. The van der Waals surface area contributed by atoms with Crippen LogP contribution in [0.1, 0.15) is 18.1 Å². The number of benzene rings is 1. The second-order valence-corrected chi connectivity index (χ2v) is 3.79. The van der Waals surface area contributed by atoms with Crippen LogP contribution in [0.3, 0.4) is 0 Å². The molecule has 1 aromatic carbocycles. The summed E-state index contributed by atoms with van der Waals surface area (Å²) in [7, 11) is 0. The second-order valence-electron chi connectivity index (χ2n) is 3.79. The maximum absolute atomic E-state index is 9.30. The summed E-state index contributed by atoms with van der Waals surface area (Å²) >= 11 is 0. The van der Waals surface area contributed by atoms with Gasteiger partial charge in [-0.1, -0.05) is 12.1 Å². The predicted octanol–water partition coefficient (Wildman–Crippen LogP) is 1.39. The lowest BCUT2D eigenvalue weighted by Gasteiger charge is -2.06. The van der Waals surface area contributed by atoms with Crippen molar-refractivity contribution in [2.45, 2.75) is 19.4 Å². The fraction of sp³-hybridized carbons (Fsp3) is 0.417. The highest BCUT2D eigenvalue weighted by Crippen LogP contribution is 2.11. The van der Waals surface area contributed by atoms with Gasteiger partial charge in [-0.05, 0) is 31.0 Å². The zero-order valence-corrected chi connectivity index (χ0v) is 8.81. The molecule has 1 atom stereocenters. The van der Waals surface area contributed by atoms with E-state index < -0.39 is 0 Å². The lowest BCUT2D eigenvalue weighted by Crippen LogP contribution is -2.06. The Morgan fingerprint density at radius 3 is 3.07 bits per heavy atom. The van der Waals surface area contributed by atoms with Crippen LogP contribution in [0.25, 0.3) is 0 Å².